The summed E-state index contributed by atoms with van der Waals surface area (Å²) in [7, 11) is 0. The van der Waals surface area contributed by atoms with Gasteiger partial charge in [-0.15, -0.1) is 0 Å². The number of hydrogen-bond acceptors (Lipinski definition) is 3. The molecule has 2 aliphatic heterocycles. The molecule has 3 nitrogen and oxygen atoms in total. The van der Waals surface area contributed by atoms with Crippen molar-refractivity contribution in [3.05, 3.63) is 12.2 Å². The van der Waals surface area contributed by atoms with E-state index in [9.17, 15) is 18.0 Å². The van der Waals surface area contributed by atoms with Crippen molar-refractivity contribution in [2.24, 2.45) is 5.92 Å². The van der Waals surface area contributed by atoms with E-state index in [-0.39, 0.29) is 0 Å². The maximum absolute atomic E-state index is 11.9. The summed E-state index contributed by atoms with van der Waals surface area (Å²) in [5, 5.41) is 0. The van der Waals surface area contributed by atoms with Crippen LogP contribution in [0.15, 0.2) is 12.2 Å². The number of rotatable bonds is 2. The molecule has 0 amide bonds. The van der Waals surface area contributed by atoms with Gasteiger partial charge in [-0.05, 0) is 20.3 Å². The van der Waals surface area contributed by atoms with Gasteiger partial charge in [0, 0.05) is 0 Å². The molecule has 96 valence electrons. The molecular formula is C11H13F3O3. The number of fused-ring (bicyclic) bond motifs is 2. The van der Waals surface area contributed by atoms with Gasteiger partial charge in [-0.1, -0.05) is 12.2 Å². The molecule has 1 saturated heterocycles. The number of hydrogen-bond donors (Lipinski definition) is 0. The minimum absolute atomic E-state index is 0.358. The fraction of sp³-hybridized carbons (Fsp3) is 0.727. The first-order valence-electron chi connectivity index (χ1n) is 5.28. The van der Waals surface area contributed by atoms with Crippen molar-refractivity contribution in [3.63, 3.8) is 0 Å². The predicted octanol–water partition coefficient (Wildman–Crippen LogP) is 2.22. The Bertz CT molecular complexity index is 377. The average Bonchev–Trinajstić information content (AvgIpc) is 2.61. The zero-order valence-electron chi connectivity index (χ0n) is 9.50. The highest BCUT2D eigenvalue weighted by atomic mass is 19.4. The molecule has 0 spiro atoms. The van der Waals surface area contributed by atoms with E-state index in [1.54, 1.807) is 19.9 Å². The van der Waals surface area contributed by atoms with Crippen molar-refractivity contribution in [1.29, 1.82) is 0 Å². The maximum Gasteiger partial charge on any atom is 0.422 e. The van der Waals surface area contributed by atoms with E-state index in [0.29, 0.717) is 6.42 Å². The molecule has 3 unspecified atom stereocenters. The predicted molar refractivity (Wildman–Crippen MR) is 52.2 cm³/mol. The monoisotopic (exact) mass is 250 g/mol. The Morgan fingerprint density at radius 1 is 1.47 bits per heavy atom. The lowest BCUT2D eigenvalue weighted by atomic mass is 9.80. The van der Waals surface area contributed by atoms with Crippen LogP contribution in [0.2, 0.25) is 0 Å². The van der Waals surface area contributed by atoms with Crippen molar-refractivity contribution in [2.45, 2.75) is 37.6 Å². The molecule has 0 radical (unpaired) electrons. The van der Waals surface area contributed by atoms with Crippen LogP contribution in [0.4, 0.5) is 13.2 Å². The molecule has 0 aromatic heterocycles. The lowest BCUT2D eigenvalue weighted by Gasteiger charge is -2.24. The van der Waals surface area contributed by atoms with Crippen LogP contribution in [0.3, 0.4) is 0 Å². The minimum Gasteiger partial charge on any atom is -0.456 e. The quantitative estimate of drug-likeness (QED) is 0.557. The van der Waals surface area contributed by atoms with Crippen LogP contribution in [0.25, 0.3) is 0 Å². The molecule has 0 aromatic carbocycles. The Labute approximate surface area is 96.6 Å². The summed E-state index contributed by atoms with van der Waals surface area (Å²) < 4.78 is 45.7. The fourth-order valence-electron chi connectivity index (χ4n) is 2.39. The Morgan fingerprint density at radius 3 is 2.53 bits per heavy atom. The third kappa shape index (κ3) is 2.31. The molecule has 0 aromatic rings. The minimum atomic E-state index is -4.49. The lowest BCUT2D eigenvalue weighted by Crippen LogP contribution is -2.36. The van der Waals surface area contributed by atoms with Crippen LogP contribution in [-0.4, -0.2) is 30.0 Å². The molecule has 6 heteroatoms. The summed E-state index contributed by atoms with van der Waals surface area (Å²) in [4.78, 5) is 11.6. The molecule has 0 aliphatic carbocycles. The van der Waals surface area contributed by atoms with E-state index in [0.717, 1.165) is 0 Å². The number of halogens is 3. The van der Waals surface area contributed by atoms with Crippen LogP contribution in [0.5, 0.6) is 0 Å². The third-order valence-electron chi connectivity index (χ3n) is 3.18. The summed E-state index contributed by atoms with van der Waals surface area (Å²) in [6.07, 6.45) is -0.581. The number of carbonyl (C=O) groups excluding carboxylic acids is 1. The highest BCUT2D eigenvalue weighted by Crippen LogP contribution is 2.49. The summed E-state index contributed by atoms with van der Waals surface area (Å²) in [6.45, 7) is 1.94. The molecule has 2 rings (SSSR count). The number of esters is 1. The Kier molecular flexibility index (Phi) is 2.54. The highest BCUT2D eigenvalue weighted by Gasteiger charge is 2.56. The molecule has 2 aliphatic rings. The normalized spacial score (nSPS) is 39.7. The van der Waals surface area contributed by atoms with Crippen molar-refractivity contribution in [3.8, 4) is 0 Å². The second-order valence-electron chi connectivity index (χ2n) is 4.91. The van der Waals surface area contributed by atoms with Gasteiger partial charge in [-0.25, -0.2) is 0 Å². The first-order valence-corrected chi connectivity index (χ1v) is 5.28. The molecule has 2 bridgehead atoms. The second kappa shape index (κ2) is 3.48. The average molecular weight is 250 g/mol. The van der Waals surface area contributed by atoms with Crippen LogP contribution in [-0.2, 0) is 14.3 Å². The van der Waals surface area contributed by atoms with Gasteiger partial charge in [0.15, 0.2) is 6.61 Å². The first-order chi connectivity index (χ1) is 7.64. The molecule has 0 saturated carbocycles. The van der Waals surface area contributed by atoms with E-state index in [1.165, 1.54) is 0 Å². The molecule has 0 N–H and O–H groups in total. The molecule has 1 fully saturated rings. The van der Waals surface area contributed by atoms with Gasteiger partial charge in [0.2, 0.25) is 0 Å². The number of ether oxygens (including phenoxy) is 2. The molecule has 2 heterocycles. The fourth-order valence-corrected chi connectivity index (χ4v) is 2.39. The van der Waals surface area contributed by atoms with E-state index in [2.05, 4.69) is 4.74 Å². The highest BCUT2D eigenvalue weighted by molar-refractivity contribution is 5.75. The van der Waals surface area contributed by atoms with E-state index >= 15 is 0 Å². The SMILES string of the molecule is CC12C=CC(C)(O1)C(C(=O)OCC(F)(F)F)C2. The molecule has 17 heavy (non-hydrogen) atoms. The summed E-state index contributed by atoms with van der Waals surface area (Å²) in [6, 6.07) is 0. The first kappa shape index (κ1) is 12.4. The zero-order valence-corrected chi connectivity index (χ0v) is 9.50. The standard InChI is InChI=1S/C11H13F3O3/c1-9-3-4-10(2,17-9)7(5-9)8(15)16-6-11(12,13)14/h3-4,7H,5-6H2,1-2H3. The number of alkyl halides is 3. The maximum atomic E-state index is 11.9. The van der Waals surface area contributed by atoms with Gasteiger partial charge in [-0.3, -0.25) is 4.79 Å². The summed E-state index contributed by atoms with van der Waals surface area (Å²) in [5.74, 6) is -1.52. The van der Waals surface area contributed by atoms with E-state index in [4.69, 9.17) is 4.74 Å². The topological polar surface area (TPSA) is 35.5 Å². The largest absolute Gasteiger partial charge is 0.456 e. The van der Waals surface area contributed by atoms with Gasteiger partial charge < -0.3 is 9.47 Å². The van der Waals surface area contributed by atoms with E-state index in [1.807, 2.05) is 6.08 Å². The van der Waals surface area contributed by atoms with E-state index < -0.39 is 35.9 Å². The Morgan fingerprint density at radius 2 is 2.12 bits per heavy atom. The summed E-state index contributed by atoms with van der Waals surface area (Å²) >= 11 is 0. The van der Waals surface area contributed by atoms with Crippen molar-refractivity contribution < 1.29 is 27.4 Å². The Hall–Kier alpha value is -1.04. The molecule has 3 atom stereocenters. The van der Waals surface area contributed by atoms with Crippen molar-refractivity contribution in [2.75, 3.05) is 6.61 Å². The Balaban J connectivity index is 2.01. The van der Waals surface area contributed by atoms with Gasteiger partial charge >= 0.3 is 12.1 Å². The zero-order chi connectivity index (χ0) is 12.9. The van der Waals surface area contributed by atoms with Gasteiger partial charge in [-0.2, -0.15) is 13.2 Å². The molecular weight excluding hydrogens is 237 g/mol. The summed E-state index contributed by atoms with van der Waals surface area (Å²) in [5.41, 5.74) is -1.39. The lowest BCUT2D eigenvalue weighted by molar-refractivity contribution is -0.191. The van der Waals surface area contributed by atoms with Gasteiger partial charge in [0.25, 0.3) is 0 Å². The number of carbonyl (C=O) groups is 1. The smallest absolute Gasteiger partial charge is 0.422 e. The van der Waals surface area contributed by atoms with Crippen LogP contribution in [0.1, 0.15) is 20.3 Å². The van der Waals surface area contributed by atoms with Crippen LogP contribution < -0.4 is 0 Å². The van der Waals surface area contributed by atoms with Gasteiger partial charge in [0.05, 0.1) is 17.1 Å². The van der Waals surface area contributed by atoms with Crippen LogP contribution in [0, 0.1) is 5.92 Å². The van der Waals surface area contributed by atoms with Gasteiger partial charge in [0.1, 0.15) is 0 Å². The van der Waals surface area contributed by atoms with Crippen LogP contribution >= 0.6 is 0 Å². The van der Waals surface area contributed by atoms with Crippen molar-refractivity contribution in [1.82, 2.24) is 0 Å². The van der Waals surface area contributed by atoms with Crippen molar-refractivity contribution >= 4 is 5.97 Å². The second-order valence-corrected chi connectivity index (χ2v) is 4.91. The third-order valence-corrected chi connectivity index (χ3v) is 3.18.